The Bertz CT molecular complexity index is 603. The molecule has 0 bridgehead atoms. The van der Waals surface area contributed by atoms with Crippen molar-refractivity contribution in [2.75, 3.05) is 12.4 Å². The molecule has 0 aromatic heterocycles. The van der Waals surface area contributed by atoms with E-state index in [1.807, 2.05) is 37.4 Å². The molecule has 2 heteroatoms. The molecular weight excluding hydrogens is 280 g/mol. The van der Waals surface area contributed by atoms with Crippen LogP contribution in [0.25, 0.3) is 5.70 Å². The van der Waals surface area contributed by atoms with Gasteiger partial charge in [0.25, 0.3) is 0 Å². The average molecular weight is 308 g/mol. The summed E-state index contributed by atoms with van der Waals surface area (Å²) in [5, 5.41) is 3.02. The predicted molar refractivity (Wildman–Crippen MR) is 104 cm³/mol. The lowest BCUT2D eigenvalue weighted by Gasteiger charge is -2.16. The summed E-state index contributed by atoms with van der Waals surface area (Å²) in [5.74, 6) is 0.349. The maximum absolute atomic E-state index is 5.49. The first-order chi connectivity index (χ1) is 11.0. The molecule has 0 radical (unpaired) electrons. The Morgan fingerprint density at radius 3 is 2.26 bits per heavy atom. The number of allylic oxidation sites excluding steroid dienone is 6. The van der Waals surface area contributed by atoms with Crippen LogP contribution in [0.3, 0.4) is 0 Å². The van der Waals surface area contributed by atoms with Gasteiger partial charge in [-0.3, -0.25) is 0 Å². The Labute approximate surface area is 140 Å². The smallest absolute Gasteiger partial charge is 0.0337 e. The lowest BCUT2D eigenvalue weighted by Crippen LogP contribution is -2.01. The Hall–Kier alpha value is -2.48. The molecule has 122 valence electrons. The molecule has 0 fully saturated rings. The number of hydrogen-bond acceptors (Lipinski definition) is 2. The van der Waals surface area contributed by atoms with Crippen molar-refractivity contribution < 1.29 is 0 Å². The maximum atomic E-state index is 5.49. The minimum Gasteiger partial charge on any atom is -0.399 e. The van der Waals surface area contributed by atoms with E-state index >= 15 is 0 Å². The monoisotopic (exact) mass is 308 g/mol. The lowest BCUT2D eigenvalue weighted by molar-refractivity contribution is 0.886. The second-order valence-electron chi connectivity index (χ2n) is 5.60. The molecule has 1 aromatic rings. The van der Waals surface area contributed by atoms with Gasteiger partial charge in [0.05, 0.1) is 0 Å². The molecule has 1 aromatic carbocycles. The summed E-state index contributed by atoms with van der Waals surface area (Å²) in [6.45, 7) is 13.5. The summed E-state index contributed by atoms with van der Waals surface area (Å²) in [5.41, 5.74) is 10.7. The third kappa shape index (κ3) is 6.03. The van der Waals surface area contributed by atoms with Crippen LogP contribution in [0.5, 0.6) is 0 Å². The highest BCUT2D eigenvalue weighted by Gasteiger charge is 2.09. The van der Waals surface area contributed by atoms with Crippen LogP contribution in [0.1, 0.15) is 25.3 Å². The molecule has 3 N–H and O–H groups in total. The van der Waals surface area contributed by atoms with Crippen molar-refractivity contribution in [2.24, 2.45) is 11.7 Å². The molecule has 0 aliphatic heterocycles. The van der Waals surface area contributed by atoms with E-state index in [0.717, 1.165) is 17.7 Å². The molecule has 1 atom stereocenters. The summed E-state index contributed by atoms with van der Waals surface area (Å²) in [6.07, 6.45) is 11.0. The zero-order valence-corrected chi connectivity index (χ0v) is 14.3. The minimum atomic E-state index is 0.349. The number of benzene rings is 1. The van der Waals surface area contributed by atoms with E-state index in [-0.39, 0.29) is 0 Å². The van der Waals surface area contributed by atoms with Crippen molar-refractivity contribution in [3.05, 3.63) is 85.0 Å². The number of nitrogens with one attached hydrogen (secondary N) is 1. The van der Waals surface area contributed by atoms with Gasteiger partial charge in [-0.05, 0) is 43.0 Å². The fraction of sp³-hybridized carbons (Fsp3) is 0.238. The van der Waals surface area contributed by atoms with Crippen molar-refractivity contribution in [1.29, 1.82) is 0 Å². The third-order valence-electron chi connectivity index (χ3n) is 3.69. The third-order valence-corrected chi connectivity index (χ3v) is 3.69. The predicted octanol–water partition coefficient (Wildman–Crippen LogP) is 5.30. The van der Waals surface area contributed by atoms with E-state index in [4.69, 9.17) is 5.73 Å². The van der Waals surface area contributed by atoms with Gasteiger partial charge in [-0.15, -0.1) is 6.58 Å². The first-order valence-electron chi connectivity index (χ1n) is 7.86. The largest absolute Gasteiger partial charge is 0.399 e. The van der Waals surface area contributed by atoms with Gasteiger partial charge >= 0.3 is 0 Å². The van der Waals surface area contributed by atoms with Crippen molar-refractivity contribution in [1.82, 2.24) is 0 Å². The van der Waals surface area contributed by atoms with E-state index < -0.39 is 0 Å². The Morgan fingerprint density at radius 1 is 1.22 bits per heavy atom. The van der Waals surface area contributed by atoms with E-state index in [2.05, 4.69) is 50.2 Å². The van der Waals surface area contributed by atoms with Gasteiger partial charge < -0.3 is 11.1 Å². The molecule has 0 saturated carbocycles. The van der Waals surface area contributed by atoms with Crippen LogP contribution in [0.4, 0.5) is 5.69 Å². The number of anilines is 1. The Kier molecular flexibility index (Phi) is 7.69. The van der Waals surface area contributed by atoms with Crippen molar-refractivity contribution in [2.45, 2.75) is 19.8 Å². The molecule has 1 unspecified atom stereocenters. The topological polar surface area (TPSA) is 38.0 Å². The van der Waals surface area contributed by atoms with E-state index in [9.17, 15) is 0 Å². The van der Waals surface area contributed by atoms with Crippen LogP contribution in [-0.2, 0) is 0 Å². The van der Waals surface area contributed by atoms with Gasteiger partial charge in [0.2, 0.25) is 0 Å². The number of hydrogen-bond donors (Lipinski definition) is 2. The molecule has 0 spiro atoms. The van der Waals surface area contributed by atoms with Crippen LogP contribution < -0.4 is 11.1 Å². The molecule has 0 saturated heterocycles. The molecule has 23 heavy (non-hydrogen) atoms. The second-order valence-corrected chi connectivity index (χ2v) is 5.60. The molecule has 1 aliphatic carbocycles. The van der Waals surface area contributed by atoms with Crippen LogP contribution in [-0.4, -0.2) is 7.05 Å². The van der Waals surface area contributed by atoms with E-state index in [0.29, 0.717) is 11.6 Å². The quantitative estimate of drug-likeness (QED) is 0.724. The van der Waals surface area contributed by atoms with Crippen molar-refractivity contribution >= 4 is 11.4 Å². The molecule has 0 amide bonds. The SMILES string of the molecule is C=C(N)c1ccc(NC)cc1.C=CC(C(=C)C)C1=CCCC=C1. The fourth-order valence-corrected chi connectivity index (χ4v) is 2.34. The summed E-state index contributed by atoms with van der Waals surface area (Å²) >= 11 is 0. The molecule has 2 rings (SSSR count). The number of nitrogens with two attached hydrogens (primary N) is 1. The summed E-state index contributed by atoms with van der Waals surface area (Å²) in [4.78, 5) is 0. The molecular formula is C21H28N2. The van der Waals surface area contributed by atoms with Gasteiger partial charge in [-0.2, -0.15) is 0 Å². The molecule has 0 heterocycles. The van der Waals surface area contributed by atoms with Gasteiger partial charge in [-0.1, -0.05) is 55.2 Å². The zero-order valence-electron chi connectivity index (χ0n) is 14.3. The first-order valence-corrected chi connectivity index (χ1v) is 7.86. The maximum Gasteiger partial charge on any atom is 0.0337 e. The number of rotatable bonds is 5. The van der Waals surface area contributed by atoms with Crippen molar-refractivity contribution in [3.8, 4) is 0 Å². The average Bonchev–Trinajstić information content (AvgIpc) is 2.57. The van der Waals surface area contributed by atoms with Gasteiger partial charge in [-0.25, -0.2) is 0 Å². The van der Waals surface area contributed by atoms with Gasteiger partial charge in [0.1, 0.15) is 0 Å². The molecule has 1 aliphatic rings. The Balaban J connectivity index is 0.000000231. The normalized spacial score (nSPS) is 13.9. The Morgan fingerprint density at radius 2 is 1.87 bits per heavy atom. The minimum absolute atomic E-state index is 0.349. The highest BCUT2D eigenvalue weighted by Crippen LogP contribution is 2.24. The highest BCUT2D eigenvalue weighted by molar-refractivity contribution is 5.62. The summed E-state index contributed by atoms with van der Waals surface area (Å²) in [7, 11) is 1.88. The lowest BCUT2D eigenvalue weighted by atomic mass is 9.89. The van der Waals surface area contributed by atoms with Crippen LogP contribution in [0.15, 0.2) is 79.5 Å². The summed E-state index contributed by atoms with van der Waals surface area (Å²) < 4.78 is 0. The highest BCUT2D eigenvalue weighted by atomic mass is 14.8. The summed E-state index contributed by atoms with van der Waals surface area (Å²) in [6, 6.07) is 7.81. The van der Waals surface area contributed by atoms with Gasteiger partial charge in [0, 0.05) is 24.4 Å². The van der Waals surface area contributed by atoms with Crippen LogP contribution in [0, 0.1) is 5.92 Å². The van der Waals surface area contributed by atoms with Gasteiger partial charge in [0.15, 0.2) is 0 Å². The van der Waals surface area contributed by atoms with Crippen molar-refractivity contribution in [3.63, 3.8) is 0 Å². The van der Waals surface area contributed by atoms with Crippen LogP contribution in [0.2, 0.25) is 0 Å². The fourth-order valence-electron chi connectivity index (χ4n) is 2.34. The standard InChI is InChI=1S/C12H16.C9H12N2/c1-4-12(10(2)3)11-8-6-5-7-9-11;1-7(10)8-3-5-9(11-2)6-4-8/h4,6,8-9,12H,1-2,5,7H2,3H3;3-6,11H,1,10H2,2H3. The van der Waals surface area contributed by atoms with Crippen LogP contribution >= 0.6 is 0 Å². The second kappa shape index (κ2) is 9.52. The zero-order chi connectivity index (χ0) is 17.2. The first kappa shape index (κ1) is 18.6. The van der Waals surface area contributed by atoms with E-state index in [1.165, 1.54) is 17.6 Å². The molecule has 2 nitrogen and oxygen atoms in total. The van der Waals surface area contributed by atoms with E-state index in [1.54, 1.807) is 0 Å².